The van der Waals surface area contributed by atoms with Gasteiger partial charge in [-0.25, -0.2) is 0 Å². The zero-order valence-corrected chi connectivity index (χ0v) is 9.82. The Bertz CT molecular complexity index is 123. The van der Waals surface area contributed by atoms with Gasteiger partial charge in [-0.1, -0.05) is 25.2 Å². The Kier molecular flexibility index (Phi) is 10.1. The number of hydrogen-bond acceptors (Lipinski definition) is 0. The van der Waals surface area contributed by atoms with E-state index in [1.807, 2.05) is 0 Å². The van der Waals surface area contributed by atoms with Crippen LogP contribution in [0.3, 0.4) is 0 Å². The third-order valence-corrected chi connectivity index (χ3v) is 1.30. The normalized spacial score (nSPS) is 10.5. The molecule has 0 heterocycles. The average molecular weight is 212 g/mol. The first-order valence-electron chi connectivity index (χ1n) is 3.35. The third-order valence-electron chi connectivity index (χ3n) is 1.30. The second-order valence-electron chi connectivity index (χ2n) is 2.25. The number of hydrogen-bond donors (Lipinski definition) is 0. The van der Waals surface area contributed by atoms with Gasteiger partial charge in [-0.15, -0.1) is 5.57 Å². The summed E-state index contributed by atoms with van der Waals surface area (Å²) in [6.07, 6.45) is 4.03. The molecule has 55 valence electrons. The molecule has 0 bridgehead atoms. The number of rotatable bonds is 3. The summed E-state index contributed by atoms with van der Waals surface area (Å²) in [5.41, 5.74) is 2.50. The Hall–Kier alpha value is 0.584. The van der Waals surface area contributed by atoms with Crippen LogP contribution in [-0.2, 0) is 32.7 Å². The molecule has 0 amide bonds. The van der Waals surface area contributed by atoms with E-state index < -0.39 is 0 Å². The molecule has 0 spiro atoms. The SMILES string of the molecule is C=C(/C=C(\C)C[CH2-])CC.[Y]. The third kappa shape index (κ3) is 6.70. The van der Waals surface area contributed by atoms with Crippen LogP contribution in [0.1, 0.15) is 26.7 Å². The molecule has 0 aromatic carbocycles. The maximum absolute atomic E-state index is 3.86. The van der Waals surface area contributed by atoms with Crippen LogP contribution in [0.4, 0.5) is 0 Å². The van der Waals surface area contributed by atoms with Crippen molar-refractivity contribution in [2.75, 3.05) is 0 Å². The van der Waals surface area contributed by atoms with Crippen molar-refractivity contribution in [1.29, 1.82) is 0 Å². The number of allylic oxidation sites excluding steroid dienone is 3. The largest absolute Gasteiger partial charge is 0.339 e. The van der Waals surface area contributed by atoms with E-state index in [4.69, 9.17) is 0 Å². The molecule has 0 aliphatic rings. The van der Waals surface area contributed by atoms with Crippen molar-refractivity contribution >= 4 is 0 Å². The average Bonchev–Trinajstić information content (AvgIpc) is 1.87. The zero-order chi connectivity index (χ0) is 7.28. The van der Waals surface area contributed by atoms with Crippen LogP contribution in [0, 0.1) is 6.92 Å². The molecular formula is C9H15Y-. The predicted molar refractivity (Wildman–Crippen MR) is 43.2 cm³/mol. The van der Waals surface area contributed by atoms with Gasteiger partial charge in [-0.2, -0.15) is 6.42 Å². The van der Waals surface area contributed by atoms with Crippen LogP contribution in [0.2, 0.25) is 0 Å². The van der Waals surface area contributed by atoms with Gasteiger partial charge in [-0.05, 0) is 13.3 Å². The first-order chi connectivity index (χ1) is 4.20. The minimum atomic E-state index is 0. The second kappa shape index (κ2) is 7.69. The van der Waals surface area contributed by atoms with Crippen molar-refractivity contribution < 1.29 is 32.7 Å². The first kappa shape index (κ1) is 13.2. The molecule has 0 atom stereocenters. The van der Waals surface area contributed by atoms with Crippen LogP contribution in [0.5, 0.6) is 0 Å². The van der Waals surface area contributed by atoms with Crippen molar-refractivity contribution in [2.24, 2.45) is 0 Å². The van der Waals surface area contributed by atoms with Crippen LogP contribution in [0.15, 0.2) is 23.8 Å². The molecule has 0 aliphatic heterocycles. The zero-order valence-electron chi connectivity index (χ0n) is 6.98. The Balaban J connectivity index is 0. The van der Waals surface area contributed by atoms with E-state index in [1.54, 1.807) is 0 Å². The molecular weight excluding hydrogens is 197 g/mol. The Morgan fingerprint density at radius 3 is 2.40 bits per heavy atom. The van der Waals surface area contributed by atoms with Gasteiger partial charge in [0.15, 0.2) is 0 Å². The minimum Gasteiger partial charge on any atom is -0.339 e. The molecule has 0 aromatic rings. The van der Waals surface area contributed by atoms with E-state index in [0.29, 0.717) is 0 Å². The maximum atomic E-state index is 3.86. The van der Waals surface area contributed by atoms with Gasteiger partial charge in [-0.3, -0.25) is 0 Å². The van der Waals surface area contributed by atoms with Crippen LogP contribution in [-0.4, -0.2) is 0 Å². The van der Waals surface area contributed by atoms with Crippen LogP contribution < -0.4 is 0 Å². The summed E-state index contributed by atoms with van der Waals surface area (Å²) in [4.78, 5) is 0. The Morgan fingerprint density at radius 2 is 2.10 bits per heavy atom. The van der Waals surface area contributed by atoms with E-state index in [2.05, 4.69) is 33.4 Å². The summed E-state index contributed by atoms with van der Waals surface area (Å²) in [6.45, 7) is 11.8. The fraction of sp³-hybridized carbons (Fsp3) is 0.444. The smallest absolute Gasteiger partial charge is 0 e. The summed E-state index contributed by atoms with van der Waals surface area (Å²) in [6, 6.07) is 0. The summed E-state index contributed by atoms with van der Waals surface area (Å²) in [5.74, 6) is 0. The summed E-state index contributed by atoms with van der Waals surface area (Å²) in [7, 11) is 0. The molecule has 0 nitrogen and oxygen atoms in total. The minimum absolute atomic E-state index is 0. The first-order valence-corrected chi connectivity index (χ1v) is 3.35. The molecule has 0 aliphatic carbocycles. The van der Waals surface area contributed by atoms with Crippen molar-refractivity contribution in [3.8, 4) is 0 Å². The topological polar surface area (TPSA) is 0 Å². The van der Waals surface area contributed by atoms with Gasteiger partial charge in [0.1, 0.15) is 0 Å². The Morgan fingerprint density at radius 1 is 1.60 bits per heavy atom. The van der Waals surface area contributed by atoms with Crippen molar-refractivity contribution in [1.82, 2.24) is 0 Å². The molecule has 10 heavy (non-hydrogen) atoms. The predicted octanol–water partition coefficient (Wildman–Crippen LogP) is 3.12. The van der Waals surface area contributed by atoms with Gasteiger partial charge in [0.05, 0.1) is 0 Å². The monoisotopic (exact) mass is 212 g/mol. The standard InChI is InChI=1S/C9H15.Y/c1-5-8(3)7-9(4)6-2;/h7H,1,4-6H2,2-3H3;/q-1;/b8-7+;. The molecule has 0 fully saturated rings. The van der Waals surface area contributed by atoms with Crippen molar-refractivity contribution in [2.45, 2.75) is 26.7 Å². The van der Waals surface area contributed by atoms with Gasteiger partial charge >= 0.3 is 0 Å². The molecule has 0 aromatic heterocycles. The van der Waals surface area contributed by atoms with E-state index in [-0.39, 0.29) is 32.7 Å². The second-order valence-corrected chi connectivity index (χ2v) is 2.25. The van der Waals surface area contributed by atoms with Crippen molar-refractivity contribution in [3.05, 3.63) is 30.7 Å². The van der Waals surface area contributed by atoms with E-state index >= 15 is 0 Å². The van der Waals surface area contributed by atoms with E-state index in [1.165, 1.54) is 11.1 Å². The van der Waals surface area contributed by atoms with Gasteiger partial charge in [0.25, 0.3) is 0 Å². The van der Waals surface area contributed by atoms with Gasteiger partial charge in [0, 0.05) is 32.7 Å². The fourth-order valence-electron chi connectivity index (χ4n) is 0.523. The molecule has 0 unspecified atom stereocenters. The van der Waals surface area contributed by atoms with Gasteiger partial charge in [0.2, 0.25) is 0 Å². The van der Waals surface area contributed by atoms with Gasteiger partial charge < -0.3 is 6.92 Å². The van der Waals surface area contributed by atoms with Crippen LogP contribution in [0.25, 0.3) is 0 Å². The molecule has 1 heteroatoms. The quantitative estimate of drug-likeness (QED) is 0.498. The molecule has 0 N–H and O–H groups in total. The summed E-state index contributed by atoms with van der Waals surface area (Å²) >= 11 is 0. The van der Waals surface area contributed by atoms with Crippen molar-refractivity contribution in [3.63, 3.8) is 0 Å². The Labute approximate surface area is 89.7 Å². The molecule has 0 saturated heterocycles. The maximum Gasteiger partial charge on any atom is 0 e. The molecule has 1 radical (unpaired) electrons. The van der Waals surface area contributed by atoms with E-state index in [9.17, 15) is 0 Å². The van der Waals surface area contributed by atoms with E-state index in [0.717, 1.165) is 12.8 Å². The summed E-state index contributed by atoms with van der Waals surface area (Å²) in [5, 5.41) is 0. The summed E-state index contributed by atoms with van der Waals surface area (Å²) < 4.78 is 0. The van der Waals surface area contributed by atoms with Crippen LogP contribution >= 0.6 is 0 Å². The molecule has 0 rings (SSSR count). The molecule has 0 saturated carbocycles. The fourth-order valence-corrected chi connectivity index (χ4v) is 0.523.